The van der Waals surface area contributed by atoms with Crippen molar-refractivity contribution < 1.29 is 4.79 Å². The van der Waals surface area contributed by atoms with Gasteiger partial charge in [0.05, 0.1) is 11.9 Å². The van der Waals surface area contributed by atoms with Crippen LogP contribution in [-0.2, 0) is 11.3 Å². The summed E-state index contributed by atoms with van der Waals surface area (Å²) in [6.45, 7) is 6.89. The second kappa shape index (κ2) is 7.44. The molecule has 1 aromatic heterocycles. The van der Waals surface area contributed by atoms with Gasteiger partial charge in [-0.1, -0.05) is 12.1 Å². The molecule has 1 unspecified atom stereocenters. The fourth-order valence-electron chi connectivity index (χ4n) is 4.43. The monoisotopic (exact) mass is 367 g/mol. The van der Waals surface area contributed by atoms with Crippen molar-refractivity contribution >= 4 is 5.91 Å². The van der Waals surface area contributed by atoms with E-state index < -0.39 is 0 Å². The van der Waals surface area contributed by atoms with E-state index in [0.717, 1.165) is 51.3 Å². The average molecular weight is 367 g/mol. The summed E-state index contributed by atoms with van der Waals surface area (Å²) in [5, 5.41) is 7.59. The van der Waals surface area contributed by atoms with E-state index in [-0.39, 0.29) is 11.4 Å². The standard InChI is InChI=1S/C21H29N5O/c1-17-4-3-5-19(12-17)26-15-18(13-23-26)14-25-11-10-24(2)21(16-25)7-6-20(27)22-9-8-21/h3-5,12-13,15H,6-11,14,16H2,1-2H3,(H,22,27). The second-order valence-electron chi connectivity index (χ2n) is 8.09. The Balaban J connectivity index is 1.46. The minimum Gasteiger partial charge on any atom is -0.356 e. The lowest BCUT2D eigenvalue weighted by Gasteiger charge is -2.49. The summed E-state index contributed by atoms with van der Waals surface area (Å²) < 4.78 is 1.96. The van der Waals surface area contributed by atoms with Crippen molar-refractivity contribution in [1.82, 2.24) is 24.9 Å². The molecule has 6 nitrogen and oxygen atoms in total. The van der Waals surface area contributed by atoms with E-state index in [1.54, 1.807) is 0 Å². The summed E-state index contributed by atoms with van der Waals surface area (Å²) in [5.74, 6) is 0.192. The number of amides is 1. The van der Waals surface area contributed by atoms with E-state index in [9.17, 15) is 4.79 Å². The first-order valence-corrected chi connectivity index (χ1v) is 9.85. The van der Waals surface area contributed by atoms with Gasteiger partial charge >= 0.3 is 0 Å². The van der Waals surface area contributed by atoms with E-state index in [4.69, 9.17) is 0 Å². The van der Waals surface area contributed by atoms with Crippen LogP contribution in [0.25, 0.3) is 5.69 Å². The summed E-state index contributed by atoms with van der Waals surface area (Å²) in [6, 6.07) is 8.41. The molecule has 1 amide bonds. The maximum atomic E-state index is 11.8. The Kier molecular flexibility index (Phi) is 5.02. The van der Waals surface area contributed by atoms with Gasteiger partial charge in [-0.15, -0.1) is 0 Å². The molecular weight excluding hydrogens is 338 g/mol. The molecule has 1 atom stereocenters. The summed E-state index contributed by atoms with van der Waals surface area (Å²) in [5.41, 5.74) is 3.68. The lowest BCUT2D eigenvalue weighted by molar-refractivity contribution is -0.121. The predicted octanol–water partition coefficient (Wildman–Crippen LogP) is 1.97. The van der Waals surface area contributed by atoms with Gasteiger partial charge in [-0.05, 0) is 44.5 Å². The highest BCUT2D eigenvalue weighted by Crippen LogP contribution is 2.31. The molecule has 1 spiro atoms. The molecule has 2 fully saturated rings. The third-order valence-corrected chi connectivity index (χ3v) is 6.12. The molecule has 2 saturated heterocycles. The first-order chi connectivity index (χ1) is 13.0. The van der Waals surface area contributed by atoms with E-state index in [2.05, 4.69) is 64.6 Å². The van der Waals surface area contributed by atoms with Crippen LogP contribution in [0, 0.1) is 6.92 Å². The number of hydrogen-bond donors (Lipinski definition) is 1. The number of aromatic nitrogens is 2. The molecule has 2 aromatic rings. The summed E-state index contributed by atoms with van der Waals surface area (Å²) in [6.07, 6.45) is 6.70. The molecule has 144 valence electrons. The topological polar surface area (TPSA) is 53.4 Å². The number of carbonyl (C=O) groups excluding carboxylic acids is 1. The van der Waals surface area contributed by atoms with Crippen molar-refractivity contribution in [2.75, 3.05) is 33.2 Å². The number of carbonyl (C=O) groups is 1. The van der Waals surface area contributed by atoms with E-state index >= 15 is 0 Å². The van der Waals surface area contributed by atoms with Crippen LogP contribution in [0.3, 0.4) is 0 Å². The van der Waals surface area contributed by atoms with Gasteiger partial charge in [0.1, 0.15) is 0 Å². The zero-order valence-electron chi connectivity index (χ0n) is 16.3. The molecule has 6 heteroatoms. The first kappa shape index (κ1) is 18.2. The van der Waals surface area contributed by atoms with E-state index in [1.807, 2.05) is 10.9 Å². The van der Waals surface area contributed by atoms with Crippen molar-refractivity contribution in [2.24, 2.45) is 0 Å². The van der Waals surface area contributed by atoms with Gasteiger partial charge in [0, 0.05) is 56.4 Å². The van der Waals surface area contributed by atoms with Crippen LogP contribution in [0.1, 0.15) is 30.4 Å². The Bertz CT molecular complexity index is 816. The number of nitrogens with one attached hydrogen (secondary N) is 1. The van der Waals surface area contributed by atoms with E-state index in [0.29, 0.717) is 6.42 Å². The third-order valence-electron chi connectivity index (χ3n) is 6.12. The third kappa shape index (κ3) is 3.92. The lowest BCUT2D eigenvalue weighted by Crippen LogP contribution is -2.60. The molecule has 1 N–H and O–H groups in total. The minimum absolute atomic E-state index is 0.101. The molecule has 2 aliphatic heterocycles. The van der Waals surface area contributed by atoms with Crippen molar-refractivity contribution in [1.29, 1.82) is 0 Å². The first-order valence-electron chi connectivity index (χ1n) is 9.85. The van der Waals surface area contributed by atoms with Crippen molar-refractivity contribution in [3.05, 3.63) is 47.8 Å². The molecule has 4 rings (SSSR count). The van der Waals surface area contributed by atoms with Crippen LogP contribution < -0.4 is 5.32 Å². The van der Waals surface area contributed by atoms with Crippen molar-refractivity contribution in [3.63, 3.8) is 0 Å². The van der Waals surface area contributed by atoms with Crippen molar-refractivity contribution in [2.45, 2.75) is 38.3 Å². The van der Waals surface area contributed by atoms with Crippen LogP contribution >= 0.6 is 0 Å². The van der Waals surface area contributed by atoms with Gasteiger partial charge in [-0.3, -0.25) is 14.6 Å². The van der Waals surface area contributed by atoms with Crippen LogP contribution in [-0.4, -0.2) is 64.3 Å². The van der Waals surface area contributed by atoms with Crippen LogP contribution in [0.4, 0.5) is 0 Å². The molecule has 3 heterocycles. The lowest BCUT2D eigenvalue weighted by atomic mass is 9.86. The molecular formula is C21H29N5O. The molecule has 0 aliphatic carbocycles. The Hall–Kier alpha value is -2.18. The summed E-state index contributed by atoms with van der Waals surface area (Å²) in [7, 11) is 2.21. The Morgan fingerprint density at radius 3 is 3.00 bits per heavy atom. The molecule has 27 heavy (non-hydrogen) atoms. The Morgan fingerprint density at radius 2 is 2.15 bits per heavy atom. The molecule has 2 aliphatic rings. The van der Waals surface area contributed by atoms with Gasteiger partial charge in [-0.2, -0.15) is 5.10 Å². The highest BCUT2D eigenvalue weighted by atomic mass is 16.1. The average Bonchev–Trinajstić information content (AvgIpc) is 3.03. The van der Waals surface area contributed by atoms with Crippen LogP contribution in [0.2, 0.25) is 0 Å². The zero-order valence-corrected chi connectivity index (χ0v) is 16.3. The summed E-state index contributed by atoms with van der Waals surface area (Å²) in [4.78, 5) is 16.8. The van der Waals surface area contributed by atoms with Gasteiger partial charge < -0.3 is 5.32 Å². The Labute approximate surface area is 161 Å². The smallest absolute Gasteiger partial charge is 0.220 e. The normalized spacial score (nSPS) is 24.7. The number of benzene rings is 1. The zero-order chi connectivity index (χ0) is 18.9. The highest BCUT2D eigenvalue weighted by Gasteiger charge is 2.40. The number of likely N-dealkylation sites (N-methyl/N-ethyl adjacent to an activating group) is 1. The van der Waals surface area contributed by atoms with Crippen molar-refractivity contribution in [3.8, 4) is 5.69 Å². The molecule has 0 radical (unpaired) electrons. The number of aryl methyl sites for hydroxylation is 1. The summed E-state index contributed by atoms with van der Waals surface area (Å²) >= 11 is 0. The van der Waals surface area contributed by atoms with Gasteiger partial charge in [-0.25, -0.2) is 4.68 Å². The number of rotatable bonds is 3. The number of piperazine rings is 1. The fourth-order valence-corrected chi connectivity index (χ4v) is 4.43. The predicted molar refractivity (Wildman–Crippen MR) is 106 cm³/mol. The highest BCUT2D eigenvalue weighted by molar-refractivity contribution is 5.76. The van der Waals surface area contributed by atoms with Gasteiger partial charge in [0.25, 0.3) is 0 Å². The van der Waals surface area contributed by atoms with Crippen LogP contribution in [0.15, 0.2) is 36.7 Å². The number of hydrogen-bond acceptors (Lipinski definition) is 4. The molecule has 0 bridgehead atoms. The van der Waals surface area contributed by atoms with Gasteiger partial charge in [0.15, 0.2) is 0 Å². The molecule has 0 saturated carbocycles. The maximum absolute atomic E-state index is 11.8. The molecule has 1 aromatic carbocycles. The minimum atomic E-state index is 0.101. The fraction of sp³-hybridized carbons (Fsp3) is 0.524. The van der Waals surface area contributed by atoms with Crippen LogP contribution in [0.5, 0.6) is 0 Å². The Morgan fingerprint density at radius 1 is 1.26 bits per heavy atom. The largest absolute Gasteiger partial charge is 0.356 e. The quantitative estimate of drug-likeness (QED) is 0.901. The number of nitrogens with zero attached hydrogens (tertiary/aromatic N) is 4. The second-order valence-corrected chi connectivity index (χ2v) is 8.09. The van der Waals surface area contributed by atoms with Gasteiger partial charge in [0.2, 0.25) is 5.91 Å². The SMILES string of the molecule is Cc1cccc(-n2cc(CN3CCN(C)C4(CCNC(=O)CC4)C3)cn2)c1. The maximum Gasteiger partial charge on any atom is 0.220 e. The van der Waals surface area contributed by atoms with E-state index in [1.165, 1.54) is 11.1 Å².